The number of carbonyl (C=O) groups excluding carboxylic acids is 2. The third-order valence-electron chi connectivity index (χ3n) is 3.16. The van der Waals surface area contributed by atoms with Gasteiger partial charge in [-0.1, -0.05) is 0 Å². The first-order valence-corrected chi connectivity index (χ1v) is 6.93. The van der Waals surface area contributed by atoms with Gasteiger partial charge in [-0.3, -0.25) is 20.4 Å². The molecule has 1 aromatic heterocycles. The van der Waals surface area contributed by atoms with E-state index in [-0.39, 0.29) is 11.1 Å². The monoisotopic (exact) mass is 344 g/mol. The van der Waals surface area contributed by atoms with Crippen molar-refractivity contribution >= 4 is 11.8 Å². The molecule has 0 saturated carbocycles. The molecule has 0 aliphatic rings. The Balaban J connectivity index is 1.63. The predicted octanol–water partition coefficient (Wildman–Crippen LogP) is 1.02. The molecule has 2 N–H and O–H groups in total. The number of rotatable bonds is 3. The van der Waals surface area contributed by atoms with Gasteiger partial charge in [0.15, 0.2) is 0 Å². The lowest BCUT2D eigenvalue weighted by Crippen LogP contribution is -2.41. The summed E-state index contributed by atoms with van der Waals surface area (Å²) in [6, 6.07) is 8.56. The quantitative estimate of drug-likeness (QED) is 0.691. The molecule has 0 unspecified atom stereocenters. The molecule has 0 aliphatic carbocycles. The standard InChI is InChI=1S/C15H10F2N6O2/c16-11-5-10(6-12(17)7-11)15(25)20-19-14(24)9-1-3-13(4-2-9)23-8-18-21-22-23/h1-8H,(H,19,24)(H,20,25). The number of benzene rings is 2. The Morgan fingerprint density at radius 3 is 2.04 bits per heavy atom. The number of amides is 2. The van der Waals surface area contributed by atoms with E-state index in [1.165, 1.54) is 23.1 Å². The van der Waals surface area contributed by atoms with Crippen LogP contribution in [0.15, 0.2) is 48.8 Å². The van der Waals surface area contributed by atoms with Crippen LogP contribution in [-0.4, -0.2) is 32.0 Å². The molecule has 0 bridgehead atoms. The molecule has 0 radical (unpaired) electrons. The largest absolute Gasteiger partial charge is 0.269 e. The Morgan fingerprint density at radius 2 is 1.48 bits per heavy atom. The SMILES string of the molecule is O=C(NNC(=O)c1cc(F)cc(F)c1)c1ccc(-n2cnnn2)cc1. The van der Waals surface area contributed by atoms with Gasteiger partial charge in [-0.25, -0.2) is 13.5 Å². The van der Waals surface area contributed by atoms with Crippen molar-refractivity contribution in [3.8, 4) is 5.69 Å². The minimum Gasteiger partial charge on any atom is -0.267 e. The van der Waals surface area contributed by atoms with Gasteiger partial charge in [0.25, 0.3) is 11.8 Å². The molecule has 3 aromatic rings. The lowest BCUT2D eigenvalue weighted by molar-refractivity contribution is 0.0846. The Labute approximate surface area is 139 Å². The molecule has 1 heterocycles. The normalized spacial score (nSPS) is 10.3. The average Bonchev–Trinajstić information content (AvgIpc) is 3.13. The number of tetrazole rings is 1. The van der Waals surface area contributed by atoms with Crippen LogP contribution in [0, 0.1) is 11.6 Å². The van der Waals surface area contributed by atoms with Gasteiger partial charge < -0.3 is 0 Å². The number of halogens is 2. The maximum absolute atomic E-state index is 13.1. The van der Waals surface area contributed by atoms with Gasteiger partial charge in [0.2, 0.25) is 0 Å². The molecule has 2 aromatic carbocycles. The highest BCUT2D eigenvalue weighted by molar-refractivity contribution is 5.99. The minimum atomic E-state index is -0.894. The Hall–Kier alpha value is -3.69. The first-order valence-electron chi connectivity index (χ1n) is 6.93. The van der Waals surface area contributed by atoms with Crippen LogP contribution in [0.1, 0.15) is 20.7 Å². The van der Waals surface area contributed by atoms with Crippen molar-refractivity contribution in [3.63, 3.8) is 0 Å². The molecule has 0 fully saturated rings. The molecule has 0 spiro atoms. The van der Waals surface area contributed by atoms with Crippen LogP contribution >= 0.6 is 0 Å². The van der Waals surface area contributed by atoms with Crippen molar-refractivity contribution in [2.75, 3.05) is 0 Å². The van der Waals surface area contributed by atoms with Crippen LogP contribution in [0.4, 0.5) is 8.78 Å². The molecule has 2 amide bonds. The molecule has 0 saturated heterocycles. The summed E-state index contributed by atoms with van der Waals surface area (Å²) >= 11 is 0. The van der Waals surface area contributed by atoms with Gasteiger partial charge in [0.1, 0.15) is 18.0 Å². The molecule has 0 aliphatic heterocycles. The van der Waals surface area contributed by atoms with Crippen molar-refractivity contribution < 1.29 is 18.4 Å². The third kappa shape index (κ3) is 3.80. The minimum absolute atomic E-state index is 0.252. The lowest BCUT2D eigenvalue weighted by Gasteiger charge is -2.08. The van der Waals surface area contributed by atoms with Gasteiger partial charge >= 0.3 is 0 Å². The molecular weight excluding hydrogens is 334 g/mol. The summed E-state index contributed by atoms with van der Waals surface area (Å²) in [7, 11) is 0. The van der Waals surface area contributed by atoms with Gasteiger partial charge in [-0.2, -0.15) is 0 Å². The second-order valence-electron chi connectivity index (χ2n) is 4.87. The van der Waals surface area contributed by atoms with Crippen LogP contribution in [0.5, 0.6) is 0 Å². The van der Waals surface area contributed by atoms with E-state index in [1.54, 1.807) is 12.1 Å². The zero-order valence-corrected chi connectivity index (χ0v) is 12.5. The smallest absolute Gasteiger partial charge is 0.267 e. The highest BCUT2D eigenvalue weighted by Crippen LogP contribution is 2.09. The van der Waals surface area contributed by atoms with Crippen molar-refractivity contribution in [1.82, 2.24) is 31.1 Å². The second kappa shape index (κ2) is 6.83. The zero-order chi connectivity index (χ0) is 17.8. The highest BCUT2D eigenvalue weighted by atomic mass is 19.1. The zero-order valence-electron chi connectivity index (χ0n) is 12.5. The van der Waals surface area contributed by atoms with Crippen molar-refractivity contribution in [1.29, 1.82) is 0 Å². The fourth-order valence-corrected chi connectivity index (χ4v) is 1.99. The molecule has 8 nitrogen and oxygen atoms in total. The summed E-state index contributed by atoms with van der Waals surface area (Å²) in [5.74, 6) is -3.24. The molecule has 0 atom stereocenters. The molecule has 10 heteroatoms. The number of aromatic nitrogens is 4. The summed E-state index contributed by atoms with van der Waals surface area (Å²) in [6.45, 7) is 0. The van der Waals surface area contributed by atoms with E-state index in [9.17, 15) is 18.4 Å². The van der Waals surface area contributed by atoms with E-state index < -0.39 is 23.4 Å². The molecule has 126 valence electrons. The van der Waals surface area contributed by atoms with E-state index in [2.05, 4.69) is 26.4 Å². The second-order valence-corrected chi connectivity index (χ2v) is 4.87. The highest BCUT2D eigenvalue weighted by Gasteiger charge is 2.11. The summed E-state index contributed by atoms with van der Waals surface area (Å²) in [6.07, 6.45) is 1.40. The van der Waals surface area contributed by atoms with Crippen molar-refractivity contribution in [2.24, 2.45) is 0 Å². The van der Waals surface area contributed by atoms with Crippen molar-refractivity contribution in [3.05, 3.63) is 71.6 Å². The van der Waals surface area contributed by atoms with E-state index in [1.807, 2.05) is 0 Å². The molecule has 25 heavy (non-hydrogen) atoms. The number of nitrogens with one attached hydrogen (secondary N) is 2. The number of hydrogen-bond acceptors (Lipinski definition) is 5. The van der Waals surface area contributed by atoms with E-state index in [0.717, 1.165) is 12.1 Å². The van der Waals surface area contributed by atoms with Crippen LogP contribution in [-0.2, 0) is 0 Å². The molecular formula is C15H10F2N6O2. The summed E-state index contributed by atoms with van der Waals surface area (Å²) in [5, 5.41) is 10.7. The Kier molecular flexibility index (Phi) is 4.42. The topological polar surface area (TPSA) is 102 Å². The fraction of sp³-hybridized carbons (Fsp3) is 0. The number of hydrogen-bond donors (Lipinski definition) is 2. The maximum atomic E-state index is 13.1. The van der Waals surface area contributed by atoms with Crippen LogP contribution in [0.3, 0.4) is 0 Å². The number of hydrazine groups is 1. The van der Waals surface area contributed by atoms with Crippen LogP contribution in [0.25, 0.3) is 5.69 Å². The number of nitrogens with zero attached hydrogens (tertiary/aromatic N) is 4. The first kappa shape index (κ1) is 16.2. The first-order chi connectivity index (χ1) is 12.0. The Morgan fingerprint density at radius 1 is 0.880 bits per heavy atom. The van der Waals surface area contributed by atoms with Crippen LogP contribution < -0.4 is 10.9 Å². The predicted molar refractivity (Wildman–Crippen MR) is 80.4 cm³/mol. The van der Waals surface area contributed by atoms with Gasteiger partial charge in [0.05, 0.1) is 5.69 Å². The third-order valence-corrected chi connectivity index (χ3v) is 3.16. The summed E-state index contributed by atoms with van der Waals surface area (Å²) in [4.78, 5) is 23.8. The van der Waals surface area contributed by atoms with Gasteiger partial charge in [-0.15, -0.1) is 5.10 Å². The maximum Gasteiger partial charge on any atom is 0.269 e. The van der Waals surface area contributed by atoms with Gasteiger partial charge in [0, 0.05) is 17.2 Å². The van der Waals surface area contributed by atoms with Gasteiger partial charge in [-0.05, 0) is 46.8 Å². The van der Waals surface area contributed by atoms with E-state index in [0.29, 0.717) is 11.8 Å². The average molecular weight is 344 g/mol. The lowest BCUT2D eigenvalue weighted by atomic mass is 10.2. The summed E-state index contributed by atoms with van der Waals surface area (Å²) in [5.41, 5.74) is 4.88. The van der Waals surface area contributed by atoms with Crippen LogP contribution in [0.2, 0.25) is 0 Å². The fourth-order valence-electron chi connectivity index (χ4n) is 1.99. The van der Waals surface area contributed by atoms with Crippen molar-refractivity contribution in [2.45, 2.75) is 0 Å². The Bertz CT molecular complexity index is 892. The van der Waals surface area contributed by atoms with E-state index in [4.69, 9.17) is 0 Å². The molecule has 3 rings (SSSR count). The number of carbonyl (C=O) groups is 2. The summed E-state index contributed by atoms with van der Waals surface area (Å²) < 4.78 is 27.6. The van der Waals surface area contributed by atoms with E-state index >= 15 is 0 Å².